The molecule has 0 unspecified atom stereocenters. The summed E-state index contributed by atoms with van der Waals surface area (Å²) >= 11 is 0. The molecule has 2 aromatic rings. The summed E-state index contributed by atoms with van der Waals surface area (Å²) in [5, 5.41) is 12.1. The van der Waals surface area contributed by atoms with Crippen LogP contribution in [0.2, 0.25) is 0 Å². The minimum atomic E-state index is -0.172. The smallest absolute Gasteiger partial charge is 0.261 e. The monoisotopic (exact) mass is 280 g/mol. The number of benzene rings is 1. The molecule has 0 aliphatic heterocycles. The molecule has 1 amide bonds. The molecule has 1 aromatic heterocycles. The van der Waals surface area contributed by atoms with Crippen LogP contribution in [0.25, 0.3) is 0 Å². The number of hydrogen-bond donors (Lipinski definition) is 1. The second-order valence-electron chi connectivity index (χ2n) is 4.48. The summed E-state index contributed by atoms with van der Waals surface area (Å²) in [6.07, 6.45) is 3.19. The number of rotatable bonds is 4. The van der Waals surface area contributed by atoms with Gasteiger partial charge in [-0.15, -0.1) is 0 Å². The molecule has 0 radical (unpaired) electrons. The van der Waals surface area contributed by atoms with Gasteiger partial charge in [0.05, 0.1) is 22.9 Å². The van der Waals surface area contributed by atoms with Gasteiger partial charge in [0, 0.05) is 31.7 Å². The highest BCUT2D eigenvalue weighted by Crippen LogP contribution is 2.20. The van der Waals surface area contributed by atoms with E-state index in [2.05, 4.69) is 16.4 Å². The predicted octanol–water partition coefficient (Wildman–Crippen LogP) is 2.66. The van der Waals surface area contributed by atoms with Gasteiger partial charge < -0.3 is 10.2 Å². The molecule has 0 bridgehead atoms. The standard InChI is InChI=1S/C16H16N4O/c1-3-19-15-7-8-18-11-14(15)16(21)20(2)13-6-4-5-12(9-13)10-17/h4-9,11H,3H2,1-2H3,(H,18,19). The summed E-state index contributed by atoms with van der Waals surface area (Å²) in [6.45, 7) is 2.69. The topological polar surface area (TPSA) is 69.0 Å². The van der Waals surface area contributed by atoms with E-state index < -0.39 is 0 Å². The Morgan fingerprint density at radius 1 is 1.43 bits per heavy atom. The number of pyridine rings is 1. The molecule has 0 saturated carbocycles. The van der Waals surface area contributed by atoms with Crippen molar-refractivity contribution in [2.75, 3.05) is 23.8 Å². The molecule has 1 heterocycles. The number of carbonyl (C=O) groups is 1. The zero-order valence-electron chi connectivity index (χ0n) is 12.0. The van der Waals surface area contributed by atoms with E-state index in [0.717, 1.165) is 12.2 Å². The van der Waals surface area contributed by atoms with Crippen LogP contribution in [0.3, 0.4) is 0 Å². The van der Waals surface area contributed by atoms with Crippen molar-refractivity contribution in [3.63, 3.8) is 0 Å². The second kappa shape index (κ2) is 6.53. The molecule has 0 spiro atoms. The largest absolute Gasteiger partial charge is 0.385 e. The average Bonchev–Trinajstić information content (AvgIpc) is 2.54. The fourth-order valence-electron chi connectivity index (χ4n) is 1.99. The lowest BCUT2D eigenvalue weighted by Crippen LogP contribution is -2.27. The Labute approximate surface area is 123 Å². The van der Waals surface area contributed by atoms with Gasteiger partial charge in [-0.2, -0.15) is 5.26 Å². The van der Waals surface area contributed by atoms with Crippen molar-refractivity contribution in [1.29, 1.82) is 5.26 Å². The Balaban J connectivity index is 2.33. The molecule has 0 aliphatic carbocycles. The molecule has 0 saturated heterocycles. The summed E-state index contributed by atoms with van der Waals surface area (Å²) in [6, 6.07) is 10.8. The first-order valence-corrected chi connectivity index (χ1v) is 6.63. The molecule has 21 heavy (non-hydrogen) atoms. The van der Waals surface area contributed by atoms with Crippen LogP contribution >= 0.6 is 0 Å². The van der Waals surface area contributed by atoms with Gasteiger partial charge in [-0.25, -0.2) is 0 Å². The van der Waals surface area contributed by atoms with Crippen molar-refractivity contribution in [2.45, 2.75) is 6.92 Å². The number of hydrogen-bond acceptors (Lipinski definition) is 4. The van der Waals surface area contributed by atoms with Crippen LogP contribution in [0, 0.1) is 11.3 Å². The molecule has 2 rings (SSSR count). The van der Waals surface area contributed by atoms with Gasteiger partial charge in [0.1, 0.15) is 0 Å². The van der Waals surface area contributed by atoms with Crippen LogP contribution in [0.15, 0.2) is 42.7 Å². The number of nitrogens with one attached hydrogen (secondary N) is 1. The molecule has 1 N–H and O–H groups in total. The zero-order valence-corrected chi connectivity index (χ0v) is 12.0. The van der Waals surface area contributed by atoms with Crippen molar-refractivity contribution in [2.24, 2.45) is 0 Å². The predicted molar refractivity (Wildman–Crippen MR) is 82.3 cm³/mol. The van der Waals surface area contributed by atoms with Gasteiger partial charge >= 0.3 is 0 Å². The first-order chi connectivity index (χ1) is 10.2. The van der Waals surface area contributed by atoms with E-state index in [0.29, 0.717) is 16.8 Å². The number of anilines is 2. The highest BCUT2D eigenvalue weighted by molar-refractivity contribution is 6.09. The van der Waals surface area contributed by atoms with Crippen molar-refractivity contribution in [3.8, 4) is 6.07 Å². The summed E-state index contributed by atoms with van der Waals surface area (Å²) in [7, 11) is 1.68. The van der Waals surface area contributed by atoms with E-state index >= 15 is 0 Å². The minimum absolute atomic E-state index is 0.172. The molecule has 5 heteroatoms. The van der Waals surface area contributed by atoms with Crippen LogP contribution in [0.4, 0.5) is 11.4 Å². The Morgan fingerprint density at radius 2 is 2.24 bits per heavy atom. The number of nitrogens with zero attached hydrogens (tertiary/aromatic N) is 3. The number of carbonyl (C=O) groups excluding carboxylic acids is 1. The maximum Gasteiger partial charge on any atom is 0.261 e. The summed E-state index contributed by atoms with van der Waals surface area (Å²) < 4.78 is 0. The lowest BCUT2D eigenvalue weighted by atomic mass is 10.1. The summed E-state index contributed by atoms with van der Waals surface area (Å²) in [5.74, 6) is -0.172. The first kappa shape index (κ1) is 14.5. The molecule has 0 fully saturated rings. The lowest BCUT2D eigenvalue weighted by Gasteiger charge is -2.19. The van der Waals surface area contributed by atoms with Crippen LogP contribution in [0.1, 0.15) is 22.8 Å². The molecule has 0 atom stereocenters. The average molecular weight is 280 g/mol. The lowest BCUT2D eigenvalue weighted by molar-refractivity contribution is 0.0993. The SMILES string of the molecule is CCNc1ccncc1C(=O)N(C)c1cccc(C#N)c1. The van der Waals surface area contributed by atoms with E-state index in [1.54, 1.807) is 49.8 Å². The van der Waals surface area contributed by atoms with Gasteiger partial charge in [-0.1, -0.05) is 6.07 Å². The van der Waals surface area contributed by atoms with Crippen LogP contribution in [-0.2, 0) is 0 Å². The van der Waals surface area contributed by atoms with Crippen molar-refractivity contribution >= 4 is 17.3 Å². The van der Waals surface area contributed by atoms with Crippen molar-refractivity contribution in [3.05, 3.63) is 53.9 Å². The molecule has 0 aliphatic rings. The van der Waals surface area contributed by atoms with E-state index in [1.807, 2.05) is 6.92 Å². The normalized spacial score (nSPS) is 9.76. The highest BCUT2D eigenvalue weighted by Gasteiger charge is 2.17. The molecule has 106 valence electrons. The third-order valence-electron chi connectivity index (χ3n) is 3.09. The fourth-order valence-corrected chi connectivity index (χ4v) is 1.99. The van der Waals surface area contributed by atoms with Gasteiger partial charge in [0.2, 0.25) is 0 Å². The van der Waals surface area contributed by atoms with Crippen LogP contribution in [-0.4, -0.2) is 24.5 Å². The number of amides is 1. The molecular weight excluding hydrogens is 264 g/mol. The summed E-state index contributed by atoms with van der Waals surface area (Å²) in [4.78, 5) is 18.1. The van der Waals surface area contributed by atoms with Gasteiger partial charge in [0.25, 0.3) is 5.91 Å². The van der Waals surface area contributed by atoms with E-state index in [4.69, 9.17) is 5.26 Å². The summed E-state index contributed by atoms with van der Waals surface area (Å²) in [5.41, 5.74) is 2.44. The Kier molecular flexibility index (Phi) is 4.52. The highest BCUT2D eigenvalue weighted by atomic mass is 16.2. The second-order valence-corrected chi connectivity index (χ2v) is 4.48. The fraction of sp³-hybridized carbons (Fsp3) is 0.188. The van der Waals surface area contributed by atoms with Gasteiger partial charge in [-0.3, -0.25) is 9.78 Å². The molecule has 5 nitrogen and oxygen atoms in total. The van der Waals surface area contributed by atoms with E-state index in [9.17, 15) is 4.79 Å². The number of aromatic nitrogens is 1. The van der Waals surface area contributed by atoms with E-state index in [-0.39, 0.29) is 5.91 Å². The van der Waals surface area contributed by atoms with Crippen molar-refractivity contribution < 1.29 is 4.79 Å². The third-order valence-corrected chi connectivity index (χ3v) is 3.09. The maximum absolute atomic E-state index is 12.6. The van der Waals surface area contributed by atoms with Crippen LogP contribution in [0.5, 0.6) is 0 Å². The Hall–Kier alpha value is -2.87. The quantitative estimate of drug-likeness (QED) is 0.934. The maximum atomic E-state index is 12.6. The third kappa shape index (κ3) is 3.18. The van der Waals surface area contributed by atoms with E-state index in [1.165, 1.54) is 4.90 Å². The number of nitriles is 1. The van der Waals surface area contributed by atoms with Crippen LogP contribution < -0.4 is 10.2 Å². The van der Waals surface area contributed by atoms with Gasteiger partial charge in [-0.05, 0) is 31.2 Å². The Morgan fingerprint density at radius 3 is 2.95 bits per heavy atom. The molecule has 1 aromatic carbocycles. The molecular formula is C16H16N4O. The van der Waals surface area contributed by atoms with Gasteiger partial charge in [0.15, 0.2) is 0 Å². The van der Waals surface area contributed by atoms with Crippen molar-refractivity contribution in [1.82, 2.24) is 4.98 Å². The zero-order chi connectivity index (χ0) is 15.2. The Bertz CT molecular complexity index is 691. The minimum Gasteiger partial charge on any atom is -0.385 e. The first-order valence-electron chi connectivity index (χ1n) is 6.63.